The Morgan fingerprint density at radius 3 is 2.63 bits per heavy atom. The van der Waals surface area contributed by atoms with Crippen molar-refractivity contribution in [2.75, 3.05) is 0 Å². The third-order valence-corrected chi connectivity index (χ3v) is 3.94. The second-order valence-corrected chi connectivity index (χ2v) is 5.60. The predicted molar refractivity (Wildman–Crippen MR) is 79.7 cm³/mol. The van der Waals surface area contributed by atoms with Gasteiger partial charge in [0.2, 0.25) is 0 Å². The fraction of sp³-hybridized carbons (Fsp3) is 0.556. The van der Waals surface area contributed by atoms with Crippen LogP contribution in [0.3, 0.4) is 0 Å². The summed E-state index contributed by atoms with van der Waals surface area (Å²) in [5, 5.41) is 10.1. The number of benzene rings is 1. The number of unbranched alkanes of at least 4 members (excludes halogenated alkanes) is 1. The first-order valence-corrected chi connectivity index (χ1v) is 7.49. The van der Waals surface area contributed by atoms with Crippen LogP contribution in [0.2, 0.25) is 0 Å². The number of aliphatic hydroxyl groups excluding tert-OH is 1. The van der Waals surface area contributed by atoms with Crippen molar-refractivity contribution in [1.82, 2.24) is 0 Å². The number of aryl methyl sites for hydroxylation is 1. The second-order valence-electron chi connectivity index (χ2n) is 5.60. The first-order chi connectivity index (χ1) is 9.27. The molecule has 0 amide bonds. The molecule has 0 aliphatic heterocycles. The standard InChI is InChI=1S/C18H24O/c1-2-9-17(19)18(14-15-18)13-8-4-7-12-16-10-5-3-6-11-16/h3,5-6,10-11,17,19H,2,4,7,9,12,14-15H2,1H3. The smallest absolute Gasteiger partial charge is 0.0705 e. The number of hydrogen-bond acceptors (Lipinski definition) is 1. The van der Waals surface area contributed by atoms with Gasteiger partial charge in [0.05, 0.1) is 11.5 Å². The van der Waals surface area contributed by atoms with Gasteiger partial charge in [-0.05, 0) is 37.7 Å². The van der Waals surface area contributed by atoms with E-state index in [0.717, 1.165) is 44.9 Å². The van der Waals surface area contributed by atoms with E-state index in [1.807, 2.05) is 0 Å². The van der Waals surface area contributed by atoms with E-state index in [0.29, 0.717) is 0 Å². The molecule has 0 aromatic heterocycles. The van der Waals surface area contributed by atoms with Gasteiger partial charge in [0.25, 0.3) is 0 Å². The Morgan fingerprint density at radius 2 is 2.00 bits per heavy atom. The Labute approximate surface area is 117 Å². The molecule has 1 heteroatoms. The van der Waals surface area contributed by atoms with E-state index in [1.54, 1.807) is 0 Å². The molecule has 1 fully saturated rings. The van der Waals surface area contributed by atoms with Crippen LogP contribution in [0, 0.1) is 17.3 Å². The highest BCUT2D eigenvalue weighted by Gasteiger charge is 2.47. The monoisotopic (exact) mass is 256 g/mol. The zero-order chi connectivity index (χ0) is 13.6. The van der Waals surface area contributed by atoms with Gasteiger partial charge in [-0.1, -0.05) is 49.6 Å². The summed E-state index contributed by atoms with van der Waals surface area (Å²) in [7, 11) is 0. The molecule has 0 radical (unpaired) electrons. The molecule has 1 aromatic rings. The van der Waals surface area contributed by atoms with Crippen molar-refractivity contribution in [3.63, 3.8) is 0 Å². The molecule has 0 spiro atoms. The highest BCUT2D eigenvalue weighted by molar-refractivity contribution is 5.22. The maximum atomic E-state index is 10.1. The van der Waals surface area contributed by atoms with Crippen LogP contribution in [-0.2, 0) is 6.42 Å². The molecule has 1 unspecified atom stereocenters. The zero-order valence-corrected chi connectivity index (χ0v) is 11.9. The summed E-state index contributed by atoms with van der Waals surface area (Å²) in [6.07, 6.45) is 7.03. The first-order valence-electron chi connectivity index (χ1n) is 7.49. The second kappa shape index (κ2) is 6.78. The van der Waals surface area contributed by atoms with Crippen molar-refractivity contribution in [3.8, 4) is 11.8 Å². The number of rotatable bonds is 6. The Morgan fingerprint density at radius 1 is 1.26 bits per heavy atom. The van der Waals surface area contributed by atoms with E-state index in [-0.39, 0.29) is 11.5 Å². The van der Waals surface area contributed by atoms with Crippen LogP contribution >= 0.6 is 0 Å². The lowest BCUT2D eigenvalue weighted by molar-refractivity contribution is 0.112. The van der Waals surface area contributed by atoms with Crippen LogP contribution in [-0.4, -0.2) is 11.2 Å². The van der Waals surface area contributed by atoms with Crippen LogP contribution in [0.1, 0.15) is 51.0 Å². The molecule has 1 nitrogen and oxygen atoms in total. The molecular formula is C18H24O. The largest absolute Gasteiger partial charge is 0.392 e. The quantitative estimate of drug-likeness (QED) is 0.603. The molecule has 0 heterocycles. The van der Waals surface area contributed by atoms with Gasteiger partial charge in [-0.15, -0.1) is 5.92 Å². The van der Waals surface area contributed by atoms with Gasteiger partial charge in [-0.25, -0.2) is 0 Å². The molecule has 1 saturated carbocycles. The molecule has 1 aromatic carbocycles. The summed E-state index contributed by atoms with van der Waals surface area (Å²) < 4.78 is 0. The number of hydrogen-bond donors (Lipinski definition) is 1. The van der Waals surface area contributed by atoms with Crippen molar-refractivity contribution in [3.05, 3.63) is 35.9 Å². The van der Waals surface area contributed by atoms with Crippen LogP contribution in [0.5, 0.6) is 0 Å². The van der Waals surface area contributed by atoms with Crippen LogP contribution < -0.4 is 0 Å². The molecule has 2 rings (SSSR count). The van der Waals surface area contributed by atoms with Crippen molar-refractivity contribution in [2.24, 2.45) is 5.41 Å². The minimum atomic E-state index is -0.209. The summed E-state index contributed by atoms with van der Waals surface area (Å²) in [6, 6.07) is 10.6. The van der Waals surface area contributed by atoms with E-state index in [1.165, 1.54) is 5.56 Å². The SMILES string of the molecule is CCCC(O)C1(C#CCCCc2ccccc2)CC1. The summed E-state index contributed by atoms with van der Waals surface area (Å²) in [5.41, 5.74) is 1.35. The summed E-state index contributed by atoms with van der Waals surface area (Å²) in [6.45, 7) is 2.12. The Bertz CT molecular complexity index is 434. The molecule has 19 heavy (non-hydrogen) atoms. The molecular weight excluding hydrogens is 232 g/mol. The van der Waals surface area contributed by atoms with E-state index in [4.69, 9.17) is 0 Å². The van der Waals surface area contributed by atoms with Crippen molar-refractivity contribution < 1.29 is 5.11 Å². The lowest BCUT2D eigenvalue weighted by Gasteiger charge is -2.15. The van der Waals surface area contributed by atoms with Gasteiger partial charge in [-0.2, -0.15) is 0 Å². The lowest BCUT2D eigenvalue weighted by Crippen LogP contribution is -2.19. The third kappa shape index (κ3) is 4.11. The van der Waals surface area contributed by atoms with Gasteiger partial charge < -0.3 is 5.11 Å². The van der Waals surface area contributed by atoms with Gasteiger partial charge in [0, 0.05) is 6.42 Å². The normalized spacial score (nSPS) is 17.4. The van der Waals surface area contributed by atoms with E-state index < -0.39 is 0 Å². The Kier molecular flexibility index (Phi) is 5.05. The molecule has 1 aliphatic carbocycles. The van der Waals surface area contributed by atoms with Crippen molar-refractivity contribution in [2.45, 2.75) is 58.0 Å². The van der Waals surface area contributed by atoms with E-state index >= 15 is 0 Å². The topological polar surface area (TPSA) is 20.2 Å². The summed E-state index contributed by atoms with van der Waals surface area (Å²) in [5.74, 6) is 6.63. The Hall–Kier alpha value is -1.26. The predicted octanol–water partition coefficient (Wildman–Crippen LogP) is 3.95. The molecule has 102 valence electrons. The highest BCUT2D eigenvalue weighted by Crippen LogP contribution is 2.49. The molecule has 1 atom stereocenters. The molecule has 1 aliphatic rings. The first kappa shape index (κ1) is 14.2. The highest BCUT2D eigenvalue weighted by atomic mass is 16.3. The van der Waals surface area contributed by atoms with E-state index in [9.17, 15) is 5.11 Å². The van der Waals surface area contributed by atoms with Gasteiger partial charge in [0.15, 0.2) is 0 Å². The molecule has 1 N–H and O–H groups in total. The van der Waals surface area contributed by atoms with Crippen molar-refractivity contribution in [1.29, 1.82) is 0 Å². The van der Waals surface area contributed by atoms with Gasteiger partial charge in [0.1, 0.15) is 0 Å². The maximum absolute atomic E-state index is 10.1. The van der Waals surface area contributed by atoms with Crippen LogP contribution in [0.15, 0.2) is 30.3 Å². The van der Waals surface area contributed by atoms with Crippen LogP contribution in [0.4, 0.5) is 0 Å². The van der Waals surface area contributed by atoms with Gasteiger partial charge in [-0.3, -0.25) is 0 Å². The van der Waals surface area contributed by atoms with Gasteiger partial charge >= 0.3 is 0 Å². The average Bonchev–Trinajstić information content (AvgIpc) is 3.21. The minimum Gasteiger partial charge on any atom is -0.392 e. The van der Waals surface area contributed by atoms with E-state index in [2.05, 4.69) is 49.1 Å². The summed E-state index contributed by atoms with van der Waals surface area (Å²) in [4.78, 5) is 0. The maximum Gasteiger partial charge on any atom is 0.0705 e. The fourth-order valence-electron chi connectivity index (χ4n) is 2.49. The third-order valence-electron chi connectivity index (χ3n) is 3.94. The zero-order valence-electron chi connectivity index (χ0n) is 11.9. The summed E-state index contributed by atoms with van der Waals surface area (Å²) >= 11 is 0. The molecule has 0 bridgehead atoms. The number of aliphatic hydroxyl groups is 1. The molecule has 0 saturated heterocycles. The van der Waals surface area contributed by atoms with Crippen molar-refractivity contribution >= 4 is 0 Å². The fourth-order valence-corrected chi connectivity index (χ4v) is 2.49. The lowest BCUT2D eigenvalue weighted by atomic mass is 9.96. The minimum absolute atomic E-state index is 0.0389. The van der Waals surface area contributed by atoms with Crippen LogP contribution in [0.25, 0.3) is 0 Å². The Balaban J connectivity index is 1.73. The average molecular weight is 256 g/mol.